The predicted molar refractivity (Wildman–Crippen MR) is 50.7 cm³/mol. The van der Waals surface area contributed by atoms with Crippen LogP contribution < -0.4 is 0 Å². The molecule has 1 rings (SSSR count). The third kappa shape index (κ3) is 2.14. The van der Waals surface area contributed by atoms with Crippen LogP contribution in [0.1, 0.15) is 19.8 Å². The number of aliphatic hydroxyl groups is 1. The topological polar surface area (TPSA) is 54.4 Å². The van der Waals surface area contributed by atoms with E-state index in [0.717, 1.165) is 6.42 Å². The van der Waals surface area contributed by atoms with Crippen molar-refractivity contribution in [3.05, 3.63) is 0 Å². The molecule has 1 unspecified atom stereocenters. The molecule has 0 saturated carbocycles. The molecule has 0 bridgehead atoms. The average Bonchev–Trinajstić information content (AvgIpc) is 2.32. The highest BCUT2D eigenvalue weighted by Gasteiger charge is 2.35. The quantitative estimate of drug-likeness (QED) is 0.712. The monoisotopic (exact) mass is 210 g/mol. The SMILES string of the molecule is CCC[C@H](O)C1[S@](=O)CC[S@@]1=O. The molecule has 12 heavy (non-hydrogen) atoms. The molecule has 0 aromatic rings. The first-order valence-corrected chi connectivity index (χ1v) is 6.85. The van der Waals surface area contributed by atoms with Gasteiger partial charge in [-0.3, -0.25) is 8.42 Å². The first-order chi connectivity index (χ1) is 5.66. The van der Waals surface area contributed by atoms with E-state index in [1.165, 1.54) is 0 Å². The van der Waals surface area contributed by atoms with Crippen LogP contribution in [-0.2, 0) is 21.6 Å². The molecule has 1 N–H and O–H groups in total. The molecule has 0 aromatic carbocycles. The molecule has 1 heterocycles. The molecule has 0 spiro atoms. The first kappa shape index (κ1) is 10.3. The van der Waals surface area contributed by atoms with Gasteiger partial charge in [-0.15, -0.1) is 0 Å². The van der Waals surface area contributed by atoms with Crippen molar-refractivity contribution in [2.75, 3.05) is 11.5 Å². The Bertz CT molecular complexity index is 189. The summed E-state index contributed by atoms with van der Waals surface area (Å²) in [7, 11) is -2.14. The van der Waals surface area contributed by atoms with Crippen molar-refractivity contribution in [2.24, 2.45) is 0 Å². The molecule has 72 valence electrons. The minimum atomic E-state index is -1.07. The highest BCUT2D eigenvalue weighted by molar-refractivity contribution is 8.06. The summed E-state index contributed by atoms with van der Waals surface area (Å²) >= 11 is 0. The largest absolute Gasteiger partial charge is 0.391 e. The van der Waals surface area contributed by atoms with Crippen LogP contribution in [0.3, 0.4) is 0 Å². The Labute approximate surface area is 77.5 Å². The van der Waals surface area contributed by atoms with Crippen molar-refractivity contribution in [3.63, 3.8) is 0 Å². The summed E-state index contributed by atoms with van der Waals surface area (Å²) in [6, 6.07) is 0. The molecule has 0 radical (unpaired) electrons. The van der Waals surface area contributed by atoms with Crippen molar-refractivity contribution < 1.29 is 13.5 Å². The van der Waals surface area contributed by atoms with E-state index in [9.17, 15) is 13.5 Å². The smallest absolute Gasteiger partial charge is 0.136 e. The minimum Gasteiger partial charge on any atom is -0.391 e. The molecule has 1 saturated heterocycles. The van der Waals surface area contributed by atoms with E-state index in [2.05, 4.69) is 0 Å². The molecule has 0 aliphatic carbocycles. The van der Waals surface area contributed by atoms with Gasteiger partial charge in [0.15, 0.2) is 0 Å². The van der Waals surface area contributed by atoms with Gasteiger partial charge < -0.3 is 5.11 Å². The Balaban J connectivity index is 2.59. The minimum absolute atomic E-state index is 0.482. The van der Waals surface area contributed by atoms with Crippen LogP contribution in [0.15, 0.2) is 0 Å². The highest BCUT2D eigenvalue weighted by atomic mass is 32.3. The van der Waals surface area contributed by atoms with Gasteiger partial charge >= 0.3 is 0 Å². The molecule has 1 aliphatic rings. The van der Waals surface area contributed by atoms with Gasteiger partial charge in [0.1, 0.15) is 4.58 Å². The molecule has 4 atom stereocenters. The van der Waals surface area contributed by atoms with Gasteiger partial charge in [-0.05, 0) is 6.42 Å². The van der Waals surface area contributed by atoms with Gasteiger partial charge in [-0.25, -0.2) is 0 Å². The standard InChI is InChI=1S/C7H14O3S2/c1-2-3-6(8)7-11(9)4-5-12(7)10/h6-8H,2-5H2,1H3/t6-,7?,11-,12+/m0/s1. The van der Waals surface area contributed by atoms with Crippen molar-refractivity contribution in [1.82, 2.24) is 0 Å². The molecule has 0 aromatic heterocycles. The lowest BCUT2D eigenvalue weighted by Crippen LogP contribution is -2.30. The maximum atomic E-state index is 11.3. The van der Waals surface area contributed by atoms with Gasteiger partial charge in [0.05, 0.1) is 6.10 Å². The summed E-state index contributed by atoms with van der Waals surface area (Å²) in [6.07, 6.45) is 0.799. The average molecular weight is 210 g/mol. The summed E-state index contributed by atoms with van der Waals surface area (Å²) in [5, 5.41) is 9.50. The Morgan fingerprint density at radius 2 is 1.92 bits per heavy atom. The number of aliphatic hydroxyl groups excluding tert-OH is 1. The molecule has 0 amide bonds. The zero-order valence-corrected chi connectivity index (χ0v) is 8.70. The zero-order chi connectivity index (χ0) is 9.14. The van der Waals surface area contributed by atoms with Gasteiger partial charge in [0, 0.05) is 33.1 Å². The van der Waals surface area contributed by atoms with E-state index < -0.39 is 32.3 Å². The second kappa shape index (κ2) is 4.48. The maximum absolute atomic E-state index is 11.3. The molecule has 1 fully saturated rings. The maximum Gasteiger partial charge on any atom is 0.136 e. The van der Waals surface area contributed by atoms with E-state index in [1.54, 1.807) is 0 Å². The van der Waals surface area contributed by atoms with E-state index in [4.69, 9.17) is 0 Å². The van der Waals surface area contributed by atoms with Crippen molar-refractivity contribution in [1.29, 1.82) is 0 Å². The second-order valence-corrected chi connectivity index (χ2v) is 6.55. The number of hydrogen-bond acceptors (Lipinski definition) is 3. The fraction of sp³-hybridized carbons (Fsp3) is 1.00. The molecule has 1 aliphatic heterocycles. The third-order valence-corrected chi connectivity index (χ3v) is 6.33. The van der Waals surface area contributed by atoms with Crippen LogP contribution in [0.2, 0.25) is 0 Å². The van der Waals surface area contributed by atoms with Gasteiger partial charge in [-0.1, -0.05) is 13.3 Å². The Morgan fingerprint density at radius 1 is 1.42 bits per heavy atom. The Kier molecular flexibility index (Phi) is 3.86. The Morgan fingerprint density at radius 3 is 2.33 bits per heavy atom. The van der Waals surface area contributed by atoms with Crippen LogP contribution in [0, 0.1) is 0 Å². The van der Waals surface area contributed by atoms with E-state index >= 15 is 0 Å². The summed E-state index contributed by atoms with van der Waals surface area (Å²) in [5.41, 5.74) is 0. The van der Waals surface area contributed by atoms with Crippen LogP contribution >= 0.6 is 0 Å². The van der Waals surface area contributed by atoms with E-state index in [0.29, 0.717) is 17.9 Å². The summed E-state index contributed by atoms with van der Waals surface area (Å²) in [5.74, 6) is 0.968. The van der Waals surface area contributed by atoms with Gasteiger partial charge in [-0.2, -0.15) is 0 Å². The molecule has 3 nitrogen and oxygen atoms in total. The molecular formula is C7H14O3S2. The second-order valence-electron chi connectivity index (χ2n) is 2.89. The van der Waals surface area contributed by atoms with E-state index in [1.807, 2.05) is 6.92 Å². The van der Waals surface area contributed by atoms with Crippen LogP contribution in [0.5, 0.6) is 0 Å². The fourth-order valence-corrected chi connectivity index (χ4v) is 5.59. The Hall–Kier alpha value is 0.260. The van der Waals surface area contributed by atoms with Crippen molar-refractivity contribution >= 4 is 21.6 Å². The number of rotatable bonds is 3. The fourth-order valence-electron chi connectivity index (χ4n) is 1.30. The van der Waals surface area contributed by atoms with Crippen LogP contribution in [0.4, 0.5) is 0 Å². The predicted octanol–water partition coefficient (Wildman–Crippen LogP) is -0.0155. The van der Waals surface area contributed by atoms with E-state index in [-0.39, 0.29) is 0 Å². The lowest BCUT2D eigenvalue weighted by atomic mass is 10.2. The summed E-state index contributed by atoms with van der Waals surface area (Å²) < 4.78 is 22.0. The summed E-state index contributed by atoms with van der Waals surface area (Å²) in [6.45, 7) is 1.95. The first-order valence-electron chi connectivity index (χ1n) is 4.09. The van der Waals surface area contributed by atoms with Gasteiger partial charge in [0.2, 0.25) is 0 Å². The molecule has 5 heteroatoms. The lowest BCUT2D eigenvalue weighted by Gasteiger charge is -2.14. The van der Waals surface area contributed by atoms with Crippen LogP contribution in [0.25, 0.3) is 0 Å². The molecular weight excluding hydrogens is 196 g/mol. The lowest BCUT2D eigenvalue weighted by molar-refractivity contribution is 0.179. The number of hydrogen-bond donors (Lipinski definition) is 1. The third-order valence-electron chi connectivity index (χ3n) is 1.90. The van der Waals surface area contributed by atoms with Crippen LogP contribution in [-0.4, -0.2) is 35.7 Å². The highest BCUT2D eigenvalue weighted by Crippen LogP contribution is 2.19. The van der Waals surface area contributed by atoms with Gasteiger partial charge in [0.25, 0.3) is 0 Å². The summed E-state index contributed by atoms with van der Waals surface area (Å²) in [4.78, 5) is 0. The van der Waals surface area contributed by atoms with Crippen molar-refractivity contribution in [3.8, 4) is 0 Å². The zero-order valence-electron chi connectivity index (χ0n) is 7.06. The van der Waals surface area contributed by atoms with Crippen molar-refractivity contribution in [2.45, 2.75) is 30.5 Å². The normalized spacial score (nSPS) is 38.3.